The Kier molecular flexibility index (Phi) is 8.00. The number of methoxy groups -OCH3 is 1. The predicted molar refractivity (Wildman–Crippen MR) is 134 cm³/mol. The monoisotopic (exact) mass is 474 g/mol. The first-order chi connectivity index (χ1) is 17.1. The van der Waals surface area contributed by atoms with Crippen LogP contribution in [0, 0.1) is 0 Å². The fourth-order valence-corrected chi connectivity index (χ4v) is 3.85. The summed E-state index contributed by atoms with van der Waals surface area (Å²) in [7, 11) is 1.62. The molecule has 2 N–H and O–H groups in total. The summed E-state index contributed by atoms with van der Waals surface area (Å²) in [5.74, 6) is 1.72. The highest BCUT2D eigenvalue weighted by Crippen LogP contribution is 2.28. The van der Waals surface area contributed by atoms with Crippen LogP contribution in [0.4, 0.5) is 0 Å². The molecular weight excluding hydrogens is 444 g/mol. The van der Waals surface area contributed by atoms with E-state index >= 15 is 0 Å². The Morgan fingerprint density at radius 1 is 1.00 bits per heavy atom. The number of carbonyl (C=O) groups excluding carboxylic acids is 1. The standard InChI is InChI=1S/C28H30N2O5/c1-33-24-12-8-22(9-13-24)19-29-27(32)28(18-21-6-3-2-4-7-21)20-35-26(30-28)23-10-14-25(15-11-23)34-17-5-16-31/h2-4,6-15,31H,5,16-20H2,1H3,(H,29,32)/t28-/m1/s1. The van der Waals surface area contributed by atoms with Gasteiger partial charge in [0.2, 0.25) is 5.90 Å². The van der Waals surface area contributed by atoms with Crippen molar-refractivity contribution >= 4 is 11.8 Å². The maximum atomic E-state index is 13.5. The first-order valence-electron chi connectivity index (χ1n) is 11.6. The summed E-state index contributed by atoms with van der Waals surface area (Å²) >= 11 is 0. The third kappa shape index (κ3) is 6.19. The second kappa shape index (κ2) is 11.5. The second-order valence-electron chi connectivity index (χ2n) is 8.38. The van der Waals surface area contributed by atoms with Crippen molar-refractivity contribution in [2.75, 3.05) is 26.9 Å². The van der Waals surface area contributed by atoms with Crippen LogP contribution < -0.4 is 14.8 Å². The Morgan fingerprint density at radius 3 is 2.40 bits per heavy atom. The number of ether oxygens (including phenoxy) is 3. The van der Waals surface area contributed by atoms with Crippen LogP contribution in [0.2, 0.25) is 0 Å². The smallest absolute Gasteiger partial charge is 0.252 e. The molecule has 1 aliphatic rings. The minimum absolute atomic E-state index is 0.0900. The molecule has 3 aromatic carbocycles. The molecule has 1 amide bonds. The van der Waals surface area contributed by atoms with E-state index in [4.69, 9.17) is 24.3 Å². The average molecular weight is 475 g/mol. The van der Waals surface area contributed by atoms with Crippen molar-refractivity contribution in [2.24, 2.45) is 4.99 Å². The van der Waals surface area contributed by atoms with Gasteiger partial charge in [-0.1, -0.05) is 42.5 Å². The Hall–Kier alpha value is -3.84. The normalized spacial score (nSPS) is 16.8. The molecule has 0 aromatic heterocycles. The van der Waals surface area contributed by atoms with Crippen LogP contribution in [0.3, 0.4) is 0 Å². The van der Waals surface area contributed by atoms with Gasteiger partial charge in [0.15, 0.2) is 5.54 Å². The summed E-state index contributed by atoms with van der Waals surface area (Å²) in [6.45, 7) is 1.07. The molecule has 0 spiro atoms. The van der Waals surface area contributed by atoms with Gasteiger partial charge in [0.25, 0.3) is 5.91 Å². The average Bonchev–Trinajstić information content (AvgIpc) is 3.34. The Bertz CT molecular complexity index is 1130. The highest BCUT2D eigenvalue weighted by atomic mass is 16.5. The van der Waals surface area contributed by atoms with Gasteiger partial charge in [0.1, 0.15) is 18.1 Å². The van der Waals surface area contributed by atoms with Crippen molar-refractivity contribution in [1.82, 2.24) is 5.32 Å². The van der Waals surface area contributed by atoms with Crippen LogP contribution in [-0.4, -0.2) is 49.4 Å². The number of nitrogens with zero attached hydrogens (tertiary/aromatic N) is 1. The van der Waals surface area contributed by atoms with Crippen molar-refractivity contribution in [1.29, 1.82) is 0 Å². The lowest BCUT2D eigenvalue weighted by Gasteiger charge is -2.23. The van der Waals surface area contributed by atoms with Gasteiger partial charge in [-0.2, -0.15) is 0 Å². The number of carbonyl (C=O) groups is 1. The van der Waals surface area contributed by atoms with E-state index in [1.165, 1.54) is 0 Å². The molecule has 182 valence electrons. The van der Waals surface area contributed by atoms with E-state index in [9.17, 15) is 4.79 Å². The van der Waals surface area contributed by atoms with E-state index in [2.05, 4.69) is 5.32 Å². The van der Waals surface area contributed by atoms with Gasteiger partial charge in [0, 0.05) is 31.6 Å². The SMILES string of the molecule is COc1ccc(CNC(=O)[C@@]2(Cc3ccccc3)COC(c3ccc(OCCCO)cc3)=N2)cc1. The van der Waals surface area contributed by atoms with E-state index < -0.39 is 5.54 Å². The maximum absolute atomic E-state index is 13.5. The number of aliphatic hydroxyl groups is 1. The van der Waals surface area contributed by atoms with Gasteiger partial charge in [-0.15, -0.1) is 0 Å². The summed E-state index contributed by atoms with van der Waals surface area (Å²) in [5, 5.41) is 11.9. The number of hydrogen-bond acceptors (Lipinski definition) is 6. The lowest BCUT2D eigenvalue weighted by Crippen LogP contribution is -2.48. The van der Waals surface area contributed by atoms with Crippen molar-refractivity contribution in [2.45, 2.75) is 24.9 Å². The summed E-state index contributed by atoms with van der Waals surface area (Å²) in [5.41, 5.74) is 1.68. The van der Waals surface area contributed by atoms with Crippen molar-refractivity contribution < 1.29 is 24.1 Å². The Balaban J connectivity index is 1.52. The van der Waals surface area contributed by atoms with E-state index in [-0.39, 0.29) is 19.1 Å². The molecule has 35 heavy (non-hydrogen) atoms. The molecule has 0 saturated heterocycles. The molecule has 7 nitrogen and oxygen atoms in total. The molecule has 1 atom stereocenters. The zero-order chi connectivity index (χ0) is 24.5. The molecule has 7 heteroatoms. The number of aliphatic hydroxyl groups excluding tert-OH is 1. The fourth-order valence-electron chi connectivity index (χ4n) is 3.85. The van der Waals surface area contributed by atoms with Crippen molar-refractivity contribution in [3.05, 3.63) is 95.6 Å². The van der Waals surface area contributed by atoms with Gasteiger partial charge in [0.05, 0.1) is 13.7 Å². The van der Waals surface area contributed by atoms with Crippen LogP contribution in [0.1, 0.15) is 23.1 Å². The minimum Gasteiger partial charge on any atom is -0.497 e. The topological polar surface area (TPSA) is 89.4 Å². The third-order valence-electron chi connectivity index (χ3n) is 5.81. The molecule has 0 aliphatic carbocycles. The molecule has 3 aromatic rings. The molecule has 0 saturated carbocycles. The molecule has 0 unspecified atom stereocenters. The molecule has 0 fully saturated rings. The van der Waals surface area contributed by atoms with Gasteiger partial charge < -0.3 is 24.6 Å². The summed E-state index contributed by atoms with van der Waals surface area (Å²) < 4.78 is 16.8. The summed E-state index contributed by atoms with van der Waals surface area (Å²) in [4.78, 5) is 18.3. The highest BCUT2D eigenvalue weighted by molar-refractivity contribution is 6.00. The third-order valence-corrected chi connectivity index (χ3v) is 5.81. The number of hydrogen-bond donors (Lipinski definition) is 2. The molecular formula is C28H30N2O5. The predicted octanol–water partition coefficient (Wildman–Crippen LogP) is 3.53. The van der Waals surface area contributed by atoms with Crippen LogP contribution in [-0.2, 0) is 22.5 Å². The number of benzene rings is 3. The van der Waals surface area contributed by atoms with Crippen LogP contribution >= 0.6 is 0 Å². The number of aliphatic imine (C=N–C) groups is 1. The largest absolute Gasteiger partial charge is 0.497 e. The highest BCUT2D eigenvalue weighted by Gasteiger charge is 2.44. The van der Waals surface area contributed by atoms with Crippen molar-refractivity contribution in [3.8, 4) is 11.5 Å². The van der Waals surface area contributed by atoms with E-state index in [1.54, 1.807) is 7.11 Å². The van der Waals surface area contributed by atoms with E-state index in [0.29, 0.717) is 37.6 Å². The summed E-state index contributed by atoms with van der Waals surface area (Å²) in [6.07, 6.45) is 0.999. The molecule has 0 bridgehead atoms. The number of rotatable bonds is 11. The number of amides is 1. The lowest BCUT2D eigenvalue weighted by atomic mass is 9.91. The van der Waals surface area contributed by atoms with Gasteiger partial charge in [-0.05, 0) is 47.5 Å². The Labute approximate surface area is 205 Å². The van der Waals surface area contributed by atoms with Crippen LogP contribution in [0.25, 0.3) is 0 Å². The molecule has 1 heterocycles. The minimum atomic E-state index is -1.07. The van der Waals surface area contributed by atoms with E-state index in [0.717, 1.165) is 22.4 Å². The summed E-state index contributed by atoms with van der Waals surface area (Å²) in [6, 6.07) is 24.8. The zero-order valence-electron chi connectivity index (χ0n) is 19.8. The second-order valence-corrected chi connectivity index (χ2v) is 8.38. The van der Waals surface area contributed by atoms with Crippen molar-refractivity contribution in [3.63, 3.8) is 0 Å². The number of nitrogens with one attached hydrogen (secondary N) is 1. The molecule has 4 rings (SSSR count). The quantitative estimate of drug-likeness (QED) is 0.415. The molecule has 0 radical (unpaired) electrons. The van der Waals surface area contributed by atoms with Gasteiger partial charge >= 0.3 is 0 Å². The van der Waals surface area contributed by atoms with E-state index in [1.807, 2.05) is 78.9 Å². The Morgan fingerprint density at radius 2 is 1.71 bits per heavy atom. The van der Waals surface area contributed by atoms with Crippen LogP contribution in [0.5, 0.6) is 11.5 Å². The first kappa shape index (κ1) is 24.3. The fraction of sp³-hybridized carbons (Fsp3) is 0.286. The van der Waals surface area contributed by atoms with Crippen LogP contribution in [0.15, 0.2) is 83.9 Å². The van der Waals surface area contributed by atoms with Gasteiger partial charge in [-0.25, -0.2) is 4.99 Å². The first-order valence-corrected chi connectivity index (χ1v) is 11.6. The maximum Gasteiger partial charge on any atom is 0.252 e. The van der Waals surface area contributed by atoms with Gasteiger partial charge in [-0.3, -0.25) is 4.79 Å². The molecule has 1 aliphatic heterocycles. The zero-order valence-corrected chi connectivity index (χ0v) is 19.8. The lowest BCUT2D eigenvalue weighted by molar-refractivity contribution is -0.126.